The van der Waals surface area contributed by atoms with Crippen molar-refractivity contribution in [2.75, 3.05) is 33.0 Å². The van der Waals surface area contributed by atoms with Gasteiger partial charge in [0, 0.05) is 31.8 Å². The van der Waals surface area contributed by atoms with Crippen LogP contribution in [0.25, 0.3) is 0 Å². The topological polar surface area (TPSA) is 75.1 Å². The molecule has 1 aromatic carbocycles. The van der Waals surface area contributed by atoms with Gasteiger partial charge in [0.1, 0.15) is 11.6 Å². The lowest BCUT2D eigenvalue weighted by Gasteiger charge is -2.21. The number of aliphatic hydroxyl groups is 1. The fourth-order valence-electron chi connectivity index (χ4n) is 3.24. The minimum atomic E-state index is -0.273. The zero-order chi connectivity index (χ0) is 19.5. The zero-order valence-corrected chi connectivity index (χ0v) is 16.4. The van der Waals surface area contributed by atoms with Crippen molar-refractivity contribution in [1.82, 2.24) is 10.6 Å². The van der Waals surface area contributed by atoms with Gasteiger partial charge in [0.05, 0.1) is 6.61 Å². The van der Waals surface area contributed by atoms with E-state index < -0.39 is 0 Å². The van der Waals surface area contributed by atoms with Crippen LogP contribution in [0.2, 0.25) is 0 Å². The molecule has 0 aliphatic carbocycles. The number of ether oxygens (including phenoxy) is 2. The van der Waals surface area contributed by atoms with E-state index in [2.05, 4.69) is 22.5 Å². The van der Waals surface area contributed by atoms with Crippen LogP contribution in [0.1, 0.15) is 44.2 Å². The number of nitrogens with zero attached hydrogens (tertiary/aromatic N) is 1. The van der Waals surface area contributed by atoms with Crippen molar-refractivity contribution in [1.29, 1.82) is 0 Å². The number of aliphatic hydroxyl groups excluding tert-OH is 1. The average molecular weight is 381 g/mol. The number of benzene rings is 1. The number of hydrogen-bond acceptors (Lipinski definition) is 4. The van der Waals surface area contributed by atoms with Crippen LogP contribution in [-0.4, -0.2) is 44.1 Å². The van der Waals surface area contributed by atoms with Gasteiger partial charge in [-0.15, -0.1) is 0 Å². The maximum Gasteiger partial charge on any atom is 0.191 e. The van der Waals surface area contributed by atoms with E-state index in [4.69, 9.17) is 9.47 Å². The van der Waals surface area contributed by atoms with Gasteiger partial charge in [-0.05, 0) is 49.8 Å². The first kappa shape index (κ1) is 21.4. The summed E-state index contributed by atoms with van der Waals surface area (Å²) in [6, 6.07) is 2.99. The molecule has 0 amide bonds. The Labute approximate surface area is 161 Å². The van der Waals surface area contributed by atoms with E-state index in [1.165, 1.54) is 12.1 Å². The highest BCUT2D eigenvalue weighted by molar-refractivity contribution is 5.79. The molecular formula is C20H32FN3O3. The van der Waals surface area contributed by atoms with Gasteiger partial charge in [-0.3, -0.25) is 4.99 Å². The van der Waals surface area contributed by atoms with Crippen LogP contribution in [0, 0.1) is 11.7 Å². The predicted molar refractivity (Wildman–Crippen MR) is 104 cm³/mol. The Morgan fingerprint density at radius 3 is 2.89 bits per heavy atom. The van der Waals surface area contributed by atoms with Gasteiger partial charge in [0.2, 0.25) is 0 Å². The molecule has 1 heterocycles. The molecule has 0 saturated carbocycles. The van der Waals surface area contributed by atoms with E-state index in [9.17, 15) is 9.50 Å². The lowest BCUT2D eigenvalue weighted by atomic mass is 10.0. The van der Waals surface area contributed by atoms with Crippen LogP contribution < -0.4 is 15.4 Å². The first-order valence-corrected chi connectivity index (χ1v) is 9.82. The summed E-state index contributed by atoms with van der Waals surface area (Å²) in [7, 11) is 0. The second kappa shape index (κ2) is 11.8. The quantitative estimate of drug-likeness (QED) is 0.429. The number of nitrogens with one attached hydrogen (secondary N) is 2. The summed E-state index contributed by atoms with van der Waals surface area (Å²) in [5.74, 6) is 1.59. The third-order valence-electron chi connectivity index (χ3n) is 4.52. The SMILES string of the molecule is CCCC(CCO)CN=C(NCC)NCCc1cc(F)cc2c1OCOC2. The Morgan fingerprint density at radius 2 is 2.15 bits per heavy atom. The molecule has 0 fully saturated rings. The lowest BCUT2D eigenvalue weighted by Crippen LogP contribution is -2.38. The second-order valence-corrected chi connectivity index (χ2v) is 6.73. The van der Waals surface area contributed by atoms with Crippen molar-refractivity contribution in [2.45, 2.75) is 46.1 Å². The Balaban J connectivity index is 1.94. The molecule has 3 N–H and O–H groups in total. The predicted octanol–water partition coefficient (Wildman–Crippen LogP) is 2.59. The van der Waals surface area contributed by atoms with Crippen LogP contribution in [0.5, 0.6) is 5.75 Å². The number of halogens is 1. The Hall–Kier alpha value is -1.86. The third-order valence-corrected chi connectivity index (χ3v) is 4.52. The Morgan fingerprint density at radius 1 is 1.30 bits per heavy atom. The molecule has 0 saturated heterocycles. The summed E-state index contributed by atoms with van der Waals surface area (Å²) in [5, 5.41) is 15.7. The fraction of sp³-hybridized carbons (Fsp3) is 0.650. The third kappa shape index (κ3) is 6.99. The number of fused-ring (bicyclic) bond motifs is 1. The standard InChI is InChI=1S/C20H32FN3O3/c1-3-5-15(7-9-25)12-24-20(22-4-2)23-8-6-16-10-18(21)11-17-13-26-14-27-19(16)17/h10-11,15,25H,3-9,12-14H2,1-2H3,(H2,22,23,24). The van der Waals surface area contributed by atoms with Crippen LogP contribution in [-0.2, 0) is 17.8 Å². The molecule has 1 atom stereocenters. The first-order valence-electron chi connectivity index (χ1n) is 9.82. The van der Waals surface area contributed by atoms with Gasteiger partial charge in [-0.1, -0.05) is 13.3 Å². The van der Waals surface area contributed by atoms with Crippen molar-refractivity contribution in [3.63, 3.8) is 0 Å². The summed E-state index contributed by atoms with van der Waals surface area (Å²) >= 11 is 0. The second-order valence-electron chi connectivity index (χ2n) is 6.73. The summed E-state index contributed by atoms with van der Waals surface area (Å²) in [5.41, 5.74) is 1.59. The minimum absolute atomic E-state index is 0.193. The highest BCUT2D eigenvalue weighted by atomic mass is 19.1. The van der Waals surface area contributed by atoms with Gasteiger partial charge >= 0.3 is 0 Å². The van der Waals surface area contributed by atoms with Gasteiger partial charge < -0.3 is 25.2 Å². The Kier molecular flexibility index (Phi) is 9.35. The Bertz CT molecular complexity index is 604. The van der Waals surface area contributed by atoms with E-state index in [1.807, 2.05) is 6.92 Å². The van der Waals surface area contributed by atoms with Crippen LogP contribution in [0.15, 0.2) is 17.1 Å². The molecule has 27 heavy (non-hydrogen) atoms. The van der Waals surface area contributed by atoms with E-state index >= 15 is 0 Å². The van der Waals surface area contributed by atoms with Crippen molar-refractivity contribution >= 4 is 5.96 Å². The first-order chi connectivity index (χ1) is 13.2. The molecule has 1 aromatic rings. The van der Waals surface area contributed by atoms with Gasteiger partial charge in [0.25, 0.3) is 0 Å². The molecule has 7 heteroatoms. The van der Waals surface area contributed by atoms with Crippen LogP contribution >= 0.6 is 0 Å². The largest absolute Gasteiger partial charge is 0.467 e. The van der Waals surface area contributed by atoms with Gasteiger partial charge in [0.15, 0.2) is 12.8 Å². The highest BCUT2D eigenvalue weighted by Crippen LogP contribution is 2.29. The number of hydrogen-bond donors (Lipinski definition) is 3. The zero-order valence-electron chi connectivity index (χ0n) is 16.4. The van der Waals surface area contributed by atoms with Crippen molar-refractivity contribution in [3.8, 4) is 5.75 Å². The molecule has 0 spiro atoms. The molecule has 2 rings (SSSR count). The molecule has 152 valence electrons. The molecule has 0 aromatic heterocycles. The van der Waals surface area contributed by atoms with Crippen molar-refractivity contribution in [3.05, 3.63) is 29.1 Å². The highest BCUT2D eigenvalue weighted by Gasteiger charge is 2.17. The van der Waals surface area contributed by atoms with Crippen molar-refractivity contribution in [2.24, 2.45) is 10.9 Å². The summed E-state index contributed by atoms with van der Waals surface area (Å²) in [6.45, 7) is 6.99. The average Bonchev–Trinajstić information content (AvgIpc) is 2.66. The van der Waals surface area contributed by atoms with E-state index in [1.54, 1.807) is 0 Å². The number of guanidine groups is 1. The van der Waals surface area contributed by atoms with Crippen LogP contribution in [0.3, 0.4) is 0 Å². The molecule has 1 aliphatic heterocycles. The normalized spacial score (nSPS) is 15.0. The maximum atomic E-state index is 13.8. The number of rotatable bonds is 10. The molecule has 0 radical (unpaired) electrons. The fourth-order valence-corrected chi connectivity index (χ4v) is 3.24. The minimum Gasteiger partial charge on any atom is -0.467 e. The smallest absolute Gasteiger partial charge is 0.191 e. The monoisotopic (exact) mass is 381 g/mol. The summed E-state index contributed by atoms with van der Waals surface area (Å²) in [4.78, 5) is 4.65. The van der Waals surface area contributed by atoms with E-state index in [0.29, 0.717) is 32.0 Å². The van der Waals surface area contributed by atoms with Crippen molar-refractivity contribution < 1.29 is 19.0 Å². The molecule has 6 nitrogen and oxygen atoms in total. The molecule has 0 bridgehead atoms. The molecule has 1 aliphatic rings. The molecular weight excluding hydrogens is 349 g/mol. The summed E-state index contributed by atoms with van der Waals surface area (Å²) < 4.78 is 24.6. The lowest BCUT2D eigenvalue weighted by molar-refractivity contribution is -0.0172. The number of aliphatic imine (C=N–C) groups is 1. The van der Waals surface area contributed by atoms with E-state index in [0.717, 1.165) is 48.6 Å². The summed E-state index contributed by atoms with van der Waals surface area (Å²) in [6.07, 6.45) is 3.53. The van der Waals surface area contributed by atoms with E-state index in [-0.39, 0.29) is 19.2 Å². The van der Waals surface area contributed by atoms with Gasteiger partial charge in [-0.2, -0.15) is 0 Å². The maximum absolute atomic E-state index is 13.8. The van der Waals surface area contributed by atoms with Gasteiger partial charge in [-0.25, -0.2) is 4.39 Å². The van der Waals surface area contributed by atoms with Crippen LogP contribution in [0.4, 0.5) is 4.39 Å². The molecule has 1 unspecified atom stereocenters.